The summed E-state index contributed by atoms with van der Waals surface area (Å²) >= 11 is 0. The van der Waals surface area contributed by atoms with Crippen LogP contribution in [0.5, 0.6) is 0 Å². The van der Waals surface area contributed by atoms with Gasteiger partial charge in [-0.05, 0) is 124 Å². The number of hydrogen-bond donors (Lipinski definition) is 12. The highest BCUT2D eigenvalue weighted by atomic mass is 16.7. The van der Waals surface area contributed by atoms with Gasteiger partial charge in [0.25, 0.3) is 0 Å². The van der Waals surface area contributed by atoms with Gasteiger partial charge in [0.2, 0.25) is 0 Å². The first-order chi connectivity index (χ1) is 31.3. The fraction of sp³-hybridized carbons (Fsp3) is 0.959. The number of rotatable bonds is 13. The standard InChI is InChI=1S/C49H84O18/c1-23(2)11-9-16-49(8,67-44-41(61)37(57)34(54)27(21-51)64-44)24-12-10-15-48(7)32(24)25(52)19-30-46(5)17-14-31(45(3,4)29(46)13-18-47(30,48)6)66-43-40(60)38(58)35(55)28(65-43)22-62-42-39(59)36(56)33(53)26(20-50)63-42/h11,24-44,50-61H,9-10,12-22H2,1-8H3/t24-,25+,26+,27+,28+,29+,30-,31-,32-,33+,34+,35+,36-,37-,38-,39+,40+,41+,42+,43-,44-,46-,47+,48+,49-/m0/s1. The largest absolute Gasteiger partial charge is 0.394 e. The lowest BCUT2D eigenvalue weighted by atomic mass is 9.32. The molecule has 7 aliphatic rings. The molecule has 0 aromatic heterocycles. The van der Waals surface area contributed by atoms with Gasteiger partial charge in [-0.25, -0.2) is 0 Å². The van der Waals surface area contributed by atoms with Gasteiger partial charge in [-0.2, -0.15) is 0 Å². The van der Waals surface area contributed by atoms with Gasteiger partial charge in [0.05, 0.1) is 37.6 Å². The zero-order valence-electron chi connectivity index (χ0n) is 40.7. The van der Waals surface area contributed by atoms with Crippen LogP contribution < -0.4 is 0 Å². The van der Waals surface area contributed by atoms with E-state index in [9.17, 15) is 61.3 Å². The first kappa shape index (κ1) is 53.8. The summed E-state index contributed by atoms with van der Waals surface area (Å²) < 4.78 is 36.6. The smallest absolute Gasteiger partial charge is 0.187 e. The monoisotopic (exact) mass is 961 g/mol. The molecule has 12 N–H and O–H groups in total. The third-order valence-corrected chi connectivity index (χ3v) is 19.0. The summed E-state index contributed by atoms with van der Waals surface area (Å²) in [6.45, 7) is 15.9. The minimum atomic E-state index is -1.69. The van der Waals surface area contributed by atoms with E-state index in [4.69, 9.17) is 28.4 Å². The number of allylic oxidation sites excluding steroid dienone is 2. The van der Waals surface area contributed by atoms with Crippen LogP contribution in [0.4, 0.5) is 0 Å². The van der Waals surface area contributed by atoms with E-state index in [-0.39, 0.29) is 39.9 Å². The van der Waals surface area contributed by atoms with Crippen LogP contribution in [0, 0.1) is 45.3 Å². The van der Waals surface area contributed by atoms with Gasteiger partial charge in [0, 0.05) is 0 Å². The highest BCUT2D eigenvalue weighted by Gasteiger charge is 2.71. The van der Waals surface area contributed by atoms with Crippen LogP contribution in [0.1, 0.15) is 120 Å². The van der Waals surface area contributed by atoms with Crippen molar-refractivity contribution < 1.29 is 89.7 Å². The van der Waals surface area contributed by atoms with Crippen molar-refractivity contribution in [2.45, 2.75) is 230 Å². The predicted molar refractivity (Wildman–Crippen MR) is 238 cm³/mol. The number of ether oxygens (including phenoxy) is 6. The molecule has 0 aromatic carbocycles. The van der Waals surface area contributed by atoms with E-state index in [1.54, 1.807) is 0 Å². The second-order valence-electron chi connectivity index (χ2n) is 23.3. The molecule has 0 bridgehead atoms. The van der Waals surface area contributed by atoms with Crippen LogP contribution in [-0.2, 0) is 28.4 Å². The maximum atomic E-state index is 12.7. The molecule has 0 aromatic rings. The maximum absolute atomic E-state index is 12.7. The third kappa shape index (κ3) is 9.37. The van der Waals surface area contributed by atoms with Gasteiger partial charge in [-0.15, -0.1) is 0 Å². The van der Waals surface area contributed by atoms with Crippen LogP contribution in [0.25, 0.3) is 0 Å². The summed E-state index contributed by atoms with van der Waals surface area (Å²) in [5.74, 6) is -0.102. The quantitative estimate of drug-likeness (QED) is 0.0877. The lowest BCUT2D eigenvalue weighted by Gasteiger charge is -2.73. The molecule has 0 unspecified atom stereocenters. The fourth-order valence-corrected chi connectivity index (χ4v) is 15.0. The van der Waals surface area contributed by atoms with Crippen LogP contribution in [0.2, 0.25) is 0 Å². The van der Waals surface area contributed by atoms with Gasteiger partial charge < -0.3 is 89.7 Å². The second-order valence-corrected chi connectivity index (χ2v) is 23.3. The molecule has 3 saturated heterocycles. The zero-order valence-corrected chi connectivity index (χ0v) is 40.7. The van der Waals surface area contributed by atoms with Crippen molar-refractivity contribution in [2.75, 3.05) is 19.8 Å². The number of fused-ring (bicyclic) bond motifs is 5. The first-order valence-electron chi connectivity index (χ1n) is 24.9. The zero-order chi connectivity index (χ0) is 49.3. The van der Waals surface area contributed by atoms with Gasteiger partial charge in [-0.3, -0.25) is 0 Å². The van der Waals surface area contributed by atoms with Crippen molar-refractivity contribution in [3.05, 3.63) is 11.6 Å². The summed E-state index contributed by atoms with van der Waals surface area (Å²) in [5.41, 5.74) is -1.04. The minimum Gasteiger partial charge on any atom is -0.394 e. The summed E-state index contributed by atoms with van der Waals surface area (Å²) in [7, 11) is 0. The molecule has 25 atom stereocenters. The summed E-state index contributed by atoms with van der Waals surface area (Å²) in [6, 6.07) is 0. The van der Waals surface area contributed by atoms with Gasteiger partial charge in [-0.1, -0.05) is 52.7 Å². The second kappa shape index (κ2) is 20.1. The summed E-state index contributed by atoms with van der Waals surface area (Å²) in [5, 5.41) is 129. The van der Waals surface area contributed by atoms with E-state index < -0.39 is 135 Å². The molecule has 3 aliphatic heterocycles. The van der Waals surface area contributed by atoms with Crippen LogP contribution in [-0.4, -0.2) is 191 Å². The topological polar surface area (TPSA) is 298 Å². The molecular formula is C49H84O18. The Kier molecular flexibility index (Phi) is 16.2. The summed E-state index contributed by atoms with van der Waals surface area (Å²) in [4.78, 5) is 0. The normalized spacial score (nSPS) is 52.0. The van der Waals surface area contributed by atoms with E-state index in [0.29, 0.717) is 25.7 Å². The van der Waals surface area contributed by atoms with Crippen molar-refractivity contribution in [1.82, 2.24) is 0 Å². The molecule has 7 rings (SSSR count). The number of aliphatic hydroxyl groups is 12. The molecule has 388 valence electrons. The molecule has 3 heterocycles. The van der Waals surface area contributed by atoms with Gasteiger partial charge in [0.15, 0.2) is 18.9 Å². The maximum Gasteiger partial charge on any atom is 0.187 e. The third-order valence-electron chi connectivity index (χ3n) is 19.0. The van der Waals surface area contributed by atoms with E-state index in [1.807, 2.05) is 20.8 Å². The molecule has 0 spiro atoms. The average Bonchev–Trinajstić information content (AvgIpc) is 3.27. The highest BCUT2D eigenvalue weighted by molar-refractivity contribution is 5.19. The molecule has 4 aliphatic carbocycles. The van der Waals surface area contributed by atoms with Crippen molar-refractivity contribution in [3.8, 4) is 0 Å². The van der Waals surface area contributed by atoms with Crippen molar-refractivity contribution >= 4 is 0 Å². The molecule has 7 fully saturated rings. The van der Waals surface area contributed by atoms with E-state index in [2.05, 4.69) is 40.7 Å². The molecule has 67 heavy (non-hydrogen) atoms. The van der Waals surface area contributed by atoms with Crippen LogP contribution in [0.3, 0.4) is 0 Å². The van der Waals surface area contributed by atoms with E-state index in [1.165, 1.54) is 0 Å². The Morgan fingerprint density at radius 1 is 0.627 bits per heavy atom. The lowest BCUT2D eigenvalue weighted by molar-refractivity contribution is -0.349. The van der Waals surface area contributed by atoms with Crippen molar-refractivity contribution in [1.29, 1.82) is 0 Å². The SMILES string of the molecule is CC(C)=CCC[C@](C)(O[C@@H]1O[C@H](CO)[C@@H](O)[C@H](O)[C@H]1O)[C@H]1CCC[C@]2(C)[C@@H]1[C@H](O)C[C@H]1[C@@]3(C)CC[C@H](O[C@@H]4O[C@H](CO[C@@H]5O[C@H](CO)[C@@H](O)[C@H](O)[C@H]5O)[C@@H](O)[C@H](O)[C@H]4O)C(C)(C)[C@H]3CC[C@]12C. The first-order valence-corrected chi connectivity index (χ1v) is 24.9. The minimum absolute atomic E-state index is 0.119. The molecular weight excluding hydrogens is 877 g/mol. The molecule has 18 heteroatoms. The molecule has 18 nitrogen and oxygen atoms in total. The van der Waals surface area contributed by atoms with Gasteiger partial charge >= 0.3 is 0 Å². The van der Waals surface area contributed by atoms with Crippen LogP contribution in [0.15, 0.2) is 11.6 Å². The van der Waals surface area contributed by atoms with Crippen LogP contribution >= 0.6 is 0 Å². The Hall–Kier alpha value is -0.980. The fourth-order valence-electron chi connectivity index (χ4n) is 15.0. The Morgan fingerprint density at radius 3 is 1.78 bits per heavy atom. The van der Waals surface area contributed by atoms with E-state index >= 15 is 0 Å². The summed E-state index contributed by atoms with van der Waals surface area (Å²) in [6.07, 6.45) is -13.8. The Balaban J connectivity index is 1.09. The lowest BCUT2D eigenvalue weighted by Crippen LogP contribution is -2.70. The Morgan fingerprint density at radius 2 is 1.18 bits per heavy atom. The van der Waals surface area contributed by atoms with Crippen molar-refractivity contribution in [3.63, 3.8) is 0 Å². The van der Waals surface area contributed by atoms with Gasteiger partial charge in [0.1, 0.15) is 73.2 Å². The Bertz CT molecular complexity index is 1700. The molecule has 0 amide bonds. The predicted octanol–water partition coefficient (Wildman–Crippen LogP) is 0.363. The molecule has 0 radical (unpaired) electrons. The number of hydrogen-bond acceptors (Lipinski definition) is 18. The number of aliphatic hydroxyl groups excluding tert-OH is 12. The van der Waals surface area contributed by atoms with Crippen molar-refractivity contribution in [2.24, 2.45) is 45.3 Å². The highest BCUT2D eigenvalue weighted by Crippen LogP contribution is 2.75. The molecule has 4 saturated carbocycles. The van der Waals surface area contributed by atoms with E-state index in [0.717, 1.165) is 44.1 Å². The Labute approximate surface area is 395 Å². The average molecular weight is 961 g/mol.